The van der Waals surface area contributed by atoms with Crippen molar-refractivity contribution in [2.45, 2.75) is 50.0 Å². The van der Waals surface area contributed by atoms with E-state index in [-0.39, 0.29) is 37.5 Å². The second kappa shape index (κ2) is 10.9. The number of pyridine rings is 1. The number of nitrogens with one attached hydrogen (secondary N) is 1. The standard InChI is InChI=1S/C28H32F3N3O4S/c1-18-14-23-25-22(19-4-2-5-21(15-19)39(36,37)20-6-7-20)8-9-24(26(25)33-27(23)32-16-18)38-13-3-10-34(11-12-35)17-28(29,30)31/h2,4-5,8-9,14,16,19-20,35H,3,6-7,10-13,15,17H2,1H3,(H,32,33). The highest BCUT2D eigenvalue weighted by molar-refractivity contribution is 7.96. The number of aromatic nitrogens is 2. The third-order valence-corrected chi connectivity index (χ3v) is 9.59. The average Bonchev–Trinajstić information content (AvgIpc) is 3.68. The molecule has 2 aromatic heterocycles. The van der Waals surface area contributed by atoms with Crippen LogP contribution in [-0.4, -0.2) is 72.7 Å². The summed E-state index contributed by atoms with van der Waals surface area (Å²) in [4.78, 5) is 9.50. The van der Waals surface area contributed by atoms with Gasteiger partial charge in [0.2, 0.25) is 0 Å². The predicted molar refractivity (Wildman–Crippen MR) is 145 cm³/mol. The summed E-state index contributed by atoms with van der Waals surface area (Å²) in [7, 11) is -3.29. The molecule has 0 spiro atoms. The Kier molecular flexibility index (Phi) is 7.76. The van der Waals surface area contributed by atoms with Crippen molar-refractivity contribution in [1.82, 2.24) is 14.9 Å². The van der Waals surface area contributed by atoms with Crippen LogP contribution >= 0.6 is 0 Å². The third kappa shape index (κ3) is 6.15. The van der Waals surface area contributed by atoms with Crippen molar-refractivity contribution in [3.8, 4) is 5.75 Å². The first-order valence-corrected chi connectivity index (χ1v) is 14.7. The number of rotatable bonds is 11. The first-order chi connectivity index (χ1) is 18.6. The van der Waals surface area contributed by atoms with Crippen LogP contribution in [0.1, 0.15) is 42.7 Å². The highest BCUT2D eigenvalue weighted by atomic mass is 32.2. The molecule has 2 heterocycles. The summed E-state index contributed by atoms with van der Waals surface area (Å²) in [6, 6.07) is 5.79. The van der Waals surface area contributed by atoms with Gasteiger partial charge in [-0.15, -0.1) is 0 Å². The van der Waals surface area contributed by atoms with Crippen molar-refractivity contribution >= 4 is 31.8 Å². The van der Waals surface area contributed by atoms with Gasteiger partial charge in [-0.1, -0.05) is 18.2 Å². The van der Waals surface area contributed by atoms with Crippen LogP contribution in [0.5, 0.6) is 5.75 Å². The Labute approximate surface area is 225 Å². The molecule has 0 radical (unpaired) electrons. The molecule has 1 atom stereocenters. The molecule has 7 nitrogen and oxygen atoms in total. The highest BCUT2D eigenvalue weighted by Crippen LogP contribution is 2.43. The number of aliphatic hydroxyl groups is 1. The summed E-state index contributed by atoms with van der Waals surface area (Å²) in [5.41, 5.74) is 3.33. The summed E-state index contributed by atoms with van der Waals surface area (Å²) in [6.45, 7) is 0.773. The number of ether oxygens (including phenoxy) is 1. The Morgan fingerprint density at radius 1 is 1.23 bits per heavy atom. The van der Waals surface area contributed by atoms with E-state index in [4.69, 9.17) is 9.84 Å². The molecule has 2 aliphatic rings. The Bertz CT molecular complexity index is 1520. The van der Waals surface area contributed by atoms with E-state index in [1.807, 2.05) is 37.3 Å². The summed E-state index contributed by atoms with van der Waals surface area (Å²) < 4.78 is 70.4. The van der Waals surface area contributed by atoms with E-state index in [0.29, 0.717) is 42.0 Å². The number of sulfone groups is 1. The first-order valence-electron chi connectivity index (χ1n) is 13.1. The fourth-order valence-corrected chi connectivity index (χ4v) is 7.09. The summed E-state index contributed by atoms with van der Waals surface area (Å²) >= 11 is 0. The summed E-state index contributed by atoms with van der Waals surface area (Å²) in [5.74, 6) is 0.402. The second-order valence-corrected chi connectivity index (χ2v) is 12.6. The van der Waals surface area contributed by atoms with Crippen molar-refractivity contribution in [3.05, 3.63) is 58.7 Å². The second-order valence-electron chi connectivity index (χ2n) is 10.3. The molecule has 5 rings (SSSR count). The van der Waals surface area contributed by atoms with Gasteiger partial charge >= 0.3 is 6.18 Å². The molecule has 1 aromatic carbocycles. The number of H-pyrrole nitrogens is 1. The van der Waals surface area contributed by atoms with Gasteiger partial charge in [0.15, 0.2) is 9.84 Å². The van der Waals surface area contributed by atoms with Gasteiger partial charge in [-0.25, -0.2) is 13.4 Å². The van der Waals surface area contributed by atoms with Gasteiger partial charge in [-0.2, -0.15) is 13.2 Å². The molecule has 0 bridgehead atoms. The average molecular weight is 564 g/mol. The maximum absolute atomic E-state index is 12.9. The van der Waals surface area contributed by atoms with Crippen molar-refractivity contribution in [1.29, 1.82) is 0 Å². The lowest BCUT2D eigenvalue weighted by molar-refractivity contribution is -0.147. The monoisotopic (exact) mass is 563 g/mol. The van der Waals surface area contributed by atoms with Crippen molar-refractivity contribution < 1.29 is 31.4 Å². The molecule has 2 aliphatic carbocycles. The number of hydrogen-bond donors (Lipinski definition) is 2. The first kappa shape index (κ1) is 27.7. The molecule has 1 saturated carbocycles. The van der Waals surface area contributed by atoms with E-state index >= 15 is 0 Å². The lowest BCUT2D eigenvalue weighted by Crippen LogP contribution is -2.37. The van der Waals surface area contributed by atoms with Crippen LogP contribution in [-0.2, 0) is 9.84 Å². The zero-order valence-electron chi connectivity index (χ0n) is 21.7. The summed E-state index contributed by atoms with van der Waals surface area (Å²) in [6.07, 6.45) is 5.12. The van der Waals surface area contributed by atoms with E-state index in [9.17, 15) is 21.6 Å². The quantitative estimate of drug-likeness (QED) is 0.313. The van der Waals surface area contributed by atoms with Gasteiger partial charge in [0.25, 0.3) is 0 Å². The number of nitrogens with zero attached hydrogens (tertiary/aromatic N) is 2. The van der Waals surface area contributed by atoms with Crippen LogP contribution in [0, 0.1) is 6.92 Å². The predicted octanol–water partition coefficient (Wildman–Crippen LogP) is 5.15. The smallest absolute Gasteiger partial charge is 0.401 e. The molecule has 1 fully saturated rings. The van der Waals surface area contributed by atoms with Crippen LogP contribution in [0.3, 0.4) is 0 Å². The number of halogens is 3. The fourth-order valence-electron chi connectivity index (χ4n) is 5.22. The molecule has 210 valence electrons. The van der Waals surface area contributed by atoms with E-state index < -0.39 is 22.6 Å². The zero-order valence-corrected chi connectivity index (χ0v) is 22.5. The van der Waals surface area contributed by atoms with Crippen molar-refractivity contribution in [2.75, 3.05) is 32.8 Å². The molecule has 0 saturated heterocycles. The Hall–Kier alpha value is -2.89. The van der Waals surface area contributed by atoms with Crippen LogP contribution in [0.2, 0.25) is 0 Å². The highest BCUT2D eigenvalue weighted by Gasteiger charge is 2.39. The van der Waals surface area contributed by atoms with Gasteiger partial charge in [0.1, 0.15) is 11.4 Å². The van der Waals surface area contributed by atoms with Crippen molar-refractivity contribution in [3.63, 3.8) is 0 Å². The largest absolute Gasteiger partial charge is 0.491 e. The Morgan fingerprint density at radius 3 is 2.74 bits per heavy atom. The molecule has 0 aliphatic heterocycles. The number of aryl methyl sites for hydroxylation is 1. The van der Waals surface area contributed by atoms with Crippen LogP contribution in [0.15, 0.2) is 47.5 Å². The fraction of sp³-hybridized carbons (Fsp3) is 0.464. The zero-order chi connectivity index (χ0) is 27.8. The minimum atomic E-state index is -4.34. The maximum atomic E-state index is 12.9. The molecule has 0 amide bonds. The Balaban J connectivity index is 1.41. The Morgan fingerprint density at radius 2 is 2.03 bits per heavy atom. The molecule has 3 aromatic rings. The van der Waals surface area contributed by atoms with Gasteiger partial charge in [0, 0.05) is 40.9 Å². The minimum absolute atomic E-state index is 0.0622. The number of hydrogen-bond acceptors (Lipinski definition) is 6. The molecular formula is C28H32F3N3O4S. The lowest BCUT2D eigenvalue weighted by Gasteiger charge is -2.23. The van der Waals surface area contributed by atoms with Crippen LogP contribution in [0.4, 0.5) is 13.2 Å². The molecule has 39 heavy (non-hydrogen) atoms. The minimum Gasteiger partial charge on any atom is -0.491 e. The van der Waals surface area contributed by atoms with E-state index in [0.717, 1.165) is 32.3 Å². The number of aromatic amines is 1. The topological polar surface area (TPSA) is 95.5 Å². The number of fused-ring (bicyclic) bond motifs is 3. The van der Waals surface area contributed by atoms with Crippen LogP contribution in [0.25, 0.3) is 21.9 Å². The van der Waals surface area contributed by atoms with Gasteiger partial charge in [-0.05, 0) is 61.9 Å². The number of allylic oxidation sites excluding steroid dienone is 4. The molecular weight excluding hydrogens is 531 g/mol. The van der Waals surface area contributed by atoms with E-state index in [1.165, 1.54) is 0 Å². The van der Waals surface area contributed by atoms with Crippen molar-refractivity contribution in [2.24, 2.45) is 0 Å². The summed E-state index contributed by atoms with van der Waals surface area (Å²) in [5, 5.41) is 10.6. The molecule has 11 heteroatoms. The van der Waals surface area contributed by atoms with E-state index in [1.54, 1.807) is 12.3 Å². The molecule has 2 N–H and O–H groups in total. The normalized spacial score (nSPS) is 18.3. The number of benzene rings is 1. The molecule has 1 unspecified atom stereocenters. The van der Waals surface area contributed by atoms with Crippen LogP contribution < -0.4 is 4.74 Å². The van der Waals surface area contributed by atoms with Gasteiger partial charge < -0.3 is 14.8 Å². The van der Waals surface area contributed by atoms with Gasteiger partial charge in [-0.3, -0.25) is 4.90 Å². The van der Waals surface area contributed by atoms with E-state index in [2.05, 4.69) is 9.97 Å². The number of aliphatic hydroxyl groups excluding tert-OH is 1. The van der Waals surface area contributed by atoms with Gasteiger partial charge in [0.05, 0.1) is 30.5 Å². The number of alkyl halides is 3. The SMILES string of the molecule is Cc1cnc2[nH]c3c(OCCCN(CCO)CC(F)(F)F)ccc(C4C=CC=C(S(=O)(=O)C5CC5)C4)c3c2c1. The third-order valence-electron chi connectivity index (χ3n) is 7.21. The maximum Gasteiger partial charge on any atom is 0.401 e. The lowest BCUT2D eigenvalue weighted by atomic mass is 9.89.